The van der Waals surface area contributed by atoms with Crippen molar-refractivity contribution in [3.8, 4) is 0 Å². The first-order valence-electron chi connectivity index (χ1n) is 0. The Labute approximate surface area is 83.3 Å². The van der Waals surface area contributed by atoms with Crippen molar-refractivity contribution in [3.63, 3.8) is 0 Å². The summed E-state index contributed by atoms with van der Waals surface area (Å²) in [7, 11) is 0. The van der Waals surface area contributed by atoms with Crippen molar-refractivity contribution in [1.82, 2.24) is 0 Å². The van der Waals surface area contributed by atoms with E-state index in [9.17, 15) is 0 Å². The molecule has 0 saturated carbocycles. The van der Waals surface area contributed by atoms with Crippen LogP contribution in [0.25, 0.3) is 0 Å². The van der Waals surface area contributed by atoms with E-state index in [0.717, 1.165) is 0 Å². The summed E-state index contributed by atoms with van der Waals surface area (Å²) in [5.74, 6) is 0. The summed E-state index contributed by atoms with van der Waals surface area (Å²) < 4.78 is 0. The Bertz CT molecular complexity index is 8.00. The van der Waals surface area contributed by atoms with Crippen molar-refractivity contribution in [2.45, 2.75) is 0 Å². The van der Waals surface area contributed by atoms with Crippen LogP contribution in [0.5, 0.6) is 0 Å². The van der Waals surface area contributed by atoms with Crippen LogP contribution in [0.15, 0.2) is 0 Å². The molecule has 0 spiro atoms. The van der Waals surface area contributed by atoms with Crippen LogP contribution in [0.3, 0.4) is 0 Å². The second kappa shape index (κ2) is 17.6. The fourth-order valence-electron chi connectivity index (χ4n) is 0. The molecular weight excluding hydrogens is 366 g/mol. The molecule has 0 saturated heterocycles. The second-order valence-electron chi connectivity index (χ2n) is 0. The largest absolute Gasteiger partial charge is 5.00 e. The summed E-state index contributed by atoms with van der Waals surface area (Å²) in [5.41, 5.74) is 0. The van der Waals surface area contributed by atoms with Crippen molar-refractivity contribution in [2.75, 3.05) is 0 Å². The normalized spacial score (nSPS) is 0. The molecule has 4 heteroatoms. The van der Waals surface area contributed by atoms with Crippen molar-refractivity contribution in [2.24, 2.45) is 0 Å². The van der Waals surface area contributed by atoms with Gasteiger partial charge in [-0.15, -0.1) is 0 Å². The third kappa shape index (κ3) is 8.82. The Morgan fingerprint density at radius 2 is 1.00 bits per heavy atom. The fraction of sp³-hybridized carbons (Fsp3) is 0. The van der Waals surface area contributed by atoms with Crippen LogP contribution in [0.1, 0.15) is 0 Å². The zero-order chi connectivity index (χ0) is 0. The average molecular weight is 366 g/mol. The smallest absolute Gasteiger partial charge is 2.00 e. The van der Waals surface area contributed by atoms with Crippen LogP contribution in [-0.2, 0) is 27.9 Å². The minimum atomic E-state index is 0. The molecule has 0 unspecified atom stereocenters. The molecule has 0 rings (SSSR count). The van der Waals surface area contributed by atoms with Gasteiger partial charge in [-0.1, -0.05) is 0 Å². The monoisotopic (exact) mass is 368 g/mol. The summed E-state index contributed by atoms with van der Waals surface area (Å²) in [6.07, 6.45) is 0. The van der Waals surface area contributed by atoms with Crippen LogP contribution in [0.2, 0.25) is 0 Å². The number of rotatable bonds is 0. The Kier molecular flexibility index (Phi) is 136. The molecule has 0 aromatic rings. The van der Waals surface area contributed by atoms with Gasteiger partial charge in [0.25, 0.3) is 0 Å². The van der Waals surface area contributed by atoms with Gasteiger partial charge >= 0.3 is 79.4 Å². The van der Waals surface area contributed by atoms with E-state index >= 15 is 0 Å². The zero-order valence-electron chi connectivity index (χ0n) is 2.17. The maximum atomic E-state index is 0. The van der Waals surface area contributed by atoms with Gasteiger partial charge in [-0.05, 0) is 0 Å². The van der Waals surface area contributed by atoms with Crippen LogP contribution < -0.4 is 18.9 Å². The van der Waals surface area contributed by atoms with Gasteiger partial charge in [-0.2, -0.15) is 0 Å². The van der Waals surface area contributed by atoms with Crippen molar-refractivity contribution >= 4 is 0 Å². The minimum absolute atomic E-state index is 0. The molecule has 0 aliphatic heterocycles. The van der Waals surface area contributed by atoms with E-state index in [1.807, 2.05) is 0 Å². The Morgan fingerprint density at radius 1 is 1.00 bits per heavy atom. The molecule has 0 aromatic carbocycles. The van der Waals surface area contributed by atoms with Crippen LogP contribution in [-0.4, -0.2) is 0 Å². The molecule has 0 amide bonds. The molecule has 1 nitrogen and oxygen atoms in total. The van der Waals surface area contributed by atoms with E-state index in [1.165, 1.54) is 0 Å². The van der Waals surface area contributed by atoms with E-state index in [0.29, 0.717) is 0 Å². The molecule has 15 valence electrons. The molecular formula is DyLiOTa+7. The number of hydrogen-bond donors (Lipinski definition) is 0. The Balaban J connectivity index is 0. The summed E-state index contributed by atoms with van der Waals surface area (Å²) in [6, 6.07) is 0. The van der Waals surface area contributed by atoms with E-state index in [1.54, 1.807) is 0 Å². The van der Waals surface area contributed by atoms with Gasteiger partial charge in [0, 0.05) is 0 Å². The maximum Gasteiger partial charge on any atom is 5.00 e. The van der Waals surface area contributed by atoms with Gasteiger partial charge in [0.05, 0.1) is 0 Å². The van der Waals surface area contributed by atoms with Crippen molar-refractivity contribution < 1.29 is 84.9 Å². The topological polar surface area (TPSA) is 28.5 Å². The molecule has 0 bridgehead atoms. The standard InChI is InChI=1S/Dy.Li.O.Ta/q+3;+1;-2;+5. The molecule has 1 radical (unpaired) electrons. The van der Waals surface area contributed by atoms with E-state index < -0.39 is 0 Å². The van der Waals surface area contributed by atoms with Gasteiger partial charge in [0.15, 0.2) is 0 Å². The summed E-state index contributed by atoms with van der Waals surface area (Å²) >= 11 is 0. The summed E-state index contributed by atoms with van der Waals surface area (Å²) in [5, 5.41) is 0. The summed E-state index contributed by atoms with van der Waals surface area (Å²) in [6.45, 7) is 0. The molecule has 0 N–H and O–H groups in total. The Hall–Kier alpha value is 2.57. The summed E-state index contributed by atoms with van der Waals surface area (Å²) in [4.78, 5) is 0. The number of hydrogen-bond acceptors (Lipinski definition) is 0. The molecule has 4 heavy (non-hydrogen) atoms. The maximum absolute atomic E-state index is 0. The molecule has 0 aliphatic carbocycles. The van der Waals surface area contributed by atoms with Crippen LogP contribution in [0, 0.1) is 38.2 Å². The first-order valence-corrected chi connectivity index (χ1v) is 0. The van der Waals surface area contributed by atoms with Gasteiger partial charge in [0.2, 0.25) is 0 Å². The SMILES string of the molecule is [Dy+3].[Li+].[O-2].[Ta+5]. The first kappa shape index (κ1) is 30.9. The predicted octanol–water partition coefficient (Wildman–Crippen LogP) is -3.12. The predicted molar refractivity (Wildman–Crippen MR) is 0.686 cm³/mol. The third-order valence-electron chi connectivity index (χ3n) is 0. The molecule has 0 heterocycles. The van der Waals surface area contributed by atoms with Crippen LogP contribution in [0.4, 0.5) is 0 Å². The van der Waals surface area contributed by atoms with Crippen molar-refractivity contribution in [3.05, 3.63) is 0 Å². The minimum Gasteiger partial charge on any atom is -2.00 e. The fourth-order valence-corrected chi connectivity index (χ4v) is 0. The quantitative estimate of drug-likeness (QED) is 0.406. The van der Waals surface area contributed by atoms with E-state index in [4.69, 9.17) is 0 Å². The van der Waals surface area contributed by atoms with E-state index in [-0.39, 0.29) is 84.9 Å². The van der Waals surface area contributed by atoms with Gasteiger partial charge < -0.3 is 5.48 Å². The van der Waals surface area contributed by atoms with Crippen LogP contribution >= 0.6 is 0 Å². The van der Waals surface area contributed by atoms with Crippen molar-refractivity contribution in [1.29, 1.82) is 0 Å². The van der Waals surface area contributed by atoms with Gasteiger partial charge in [0.1, 0.15) is 0 Å². The molecule has 0 aromatic heterocycles. The molecule has 0 aliphatic rings. The second-order valence-corrected chi connectivity index (χ2v) is 0. The third-order valence-corrected chi connectivity index (χ3v) is 0. The zero-order valence-corrected chi connectivity index (χ0v) is 7.41. The van der Waals surface area contributed by atoms with E-state index in [2.05, 4.69) is 0 Å². The molecule has 0 atom stereocenters. The first-order chi connectivity index (χ1) is 0. The van der Waals surface area contributed by atoms with Gasteiger partial charge in [-0.3, -0.25) is 0 Å². The average Bonchev–Trinajstić information content (AvgIpc) is 0. The Morgan fingerprint density at radius 3 is 1.00 bits per heavy atom. The molecule has 0 fully saturated rings. The van der Waals surface area contributed by atoms with Gasteiger partial charge in [-0.25, -0.2) is 0 Å².